The minimum atomic E-state index is 0.645. The first-order valence-electron chi connectivity index (χ1n) is 5.84. The summed E-state index contributed by atoms with van der Waals surface area (Å²) in [4.78, 5) is 1.51. The third kappa shape index (κ3) is 3.96. The standard InChI is InChI=1S/C13H23NS/c1-10(2)11(3)13(14-4)8-7-12-6-5-9-15-12/h5-6,9-11,13-14H,7-8H2,1-4H3. The second-order valence-electron chi connectivity index (χ2n) is 4.62. The third-order valence-electron chi connectivity index (χ3n) is 3.34. The van der Waals surface area contributed by atoms with E-state index < -0.39 is 0 Å². The van der Waals surface area contributed by atoms with Crippen LogP contribution in [-0.2, 0) is 6.42 Å². The Bertz CT molecular complexity index is 254. The lowest BCUT2D eigenvalue weighted by atomic mass is 9.88. The van der Waals surface area contributed by atoms with Crippen molar-refractivity contribution < 1.29 is 0 Å². The lowest BCUT2D eigenvalue weighted by molar-refractivity contribution is 0.299. The van der Waals surface area contributed by atoms with Crippen LogP contribution < -0.4 is 5.32 Å². The number of thiophene rings is 1. The first kappa shape index (κ1) is 12.7. The van der Waals surface area contributed by atoms with Crippen LogP contribution >= 0.6 is 11.3 Å². The predicted molar refractivity (Wildman–Crippen MR) is 69.5 cm³/mol. The molecule has 0 saturated heterocycles. The molecular weight excluding hydrogens is 202 g/mol. The Kier molecular flexibility index (Phi) is 5.34. The molecule has 0 aliphatic carbocycles. The quantitative estimate of drug-likeness (QED) is 0.780. The van der Waals surface area contributed by atoms with E-state index >= 15 is 0 Å². The van der Waals surface area contributed by atoms with Crippen LogP contribution in [0.1, 0.15) is 32.1 Å². The van der Waals surface area contributed by atoms with Crippen LogP contribution in [0.4, 0.5) is 0 Å². The summed E-state index contributed by atoms with van der Waals surface area (Å²) in [6, 6.07) is 5.02. The number of rotatable bonds is 6. The minimum Gasteiger partial charge on any atom is -0.317 e. The van der Waals surface area contributed by atoms with E-state index in [4.69, 9.17) is 0 Å². The third-order valence-corrected chi connectivity index (χ3v) is 4.28. The fraction of sp³-hybridized carbons (Fsp3) is 0.692. The van der Waals surface area contributed by atoms with Gasteiger partial charge in [0.25, 0.3) is 0 Å². The largest absolute Gasteiger partial charge is 0.317 e. The van der Waals surface area contributed by atoms with Crippen molar-refractivity contribution in [3.8, 4) is 0 Å². The second kappa shape index (κ2) is 6.29. The van der Waals surface area contributed by atoms with Crippen molar-refractivity contribution in [1.82, 2.24) is 5.32 Å². The maximum absolute atomic E-state index is 3.45. The summed E-state index contributed by atoms with van der Waals surface area (Å²) in [5, 5.41) is 5.61. The Labute approximate surface area is 97.9 Å². The number of hydrogen-bond donors (Lipinski definition) is 1. The smallest absolute Gasteiger partial charge is 0.00955 e. The van der Waals surface area contributed by atoms with E-state index in [1.165, 1.54) is 17.7 Å². The molecule has 1 aromatic heterocycles. The van der Waals surface area contributed by atoms with Crippen molar-refractivity contribution in [2.45, 2.75) is 39.7 Å². The van der Waals surface area contributed by atoms with Gasteiger partial charge >= 0.3 is 0 Å². The molecule has 0 aromatic carbocycles. The molecule has 2 unspecified atom stereocenters. The average Bonchev–Trinajstić information content (AvgIpc) is 2.71. The van der Waals surface area contributed by atoms with Crippen LogP contribution in [0.3, 0.4) is 0 Å². The van der Waals surface area contributed by atoms with E-state index in [1.807, 2.05) is 11.3 Å². The molecule has 0 amide bonds. The number of hydrogen-bond acceptors (Lipinski definition) is 2. The first-order chi connectivity index (χ1) is 7.15. The summed E-state index contributed by atoms with van der Waals surface area (Å²) >= 11 is 1.87. The van der Waals surface area contributed by atoms with Gasteiger partial charge in [-0.05, 0) is 43.2 Å². The highest BCUT2D eigenvalue weighted by Crippen LogP contribution is 2.20. The summed E-state index contributed by atoms with van der Waals surface area (Å²) in [5.41, 5.74) is 0. The first-order valence-corrected chi connectivity index (χ1v) is 6.72. The number of nitrogens with one attached hydrogen (secondary N) is 1. The van der Waals surface area contributed by atoms with Crippen LogP contribution in [0, 0.1) is 11.8 Å². The van der Waals surface area contributed by atoms with Gasteiger partial charge in [0.2, 0.25) is 0 Å². The monoisotopic (exact) mass is 225 g/mol. The van der Waals surface area contributed by atoms with Gasteiger partial charge in [-0.2, -0.15) is 0 Å². The molecule has 0 aliphatic rings. The average molecular weight is 225 g/mol. The van der Waals surface area contributed by atoms with E-state index in [0.29, 0.717) is 6.04 Å². The number of aryl methyl sites for hydroxylation is 1. The van der Waals surface area contributed by atoms with Crippen molar-refractivity contribution >= 4 is 11.3 Å². The summed E-state index contributed by atoms with van der Waals surface area (Å²) in [6.45, 7) is 6.96. The molecule has 2 heteroatoms. The van der Waals surface area contributed by atoms with Gasteiger partial charge in [-0.15, -0.1) is 11.3 Å². The van der Waals surface area contributed by atoms with E-state index in [9.17, 15) is 0 Å². The highest BCUT2D eigenvalue weighted by Gasteiger charge is 2.18. The minimum absolute atomic E-state index is 0.645. The van der Waals surface area contributed by atoms with Crippen molar-refractivity contribution in [2.24, 2.45) is 11.8 Å². The lowest BCUT2D eigenvalue weighted by Gasteiger charge is -2.26. The Morgan fingerprint density at radius 2 is 2.07 bits per heavy atom. The maximum Gasteiger partial charge on any atom is 0.00955 e. The molecule has 15 heavy (non-hydrogen) atoms. The topological polar surface area (TPSA) is 12.0 Å². The fourth-order valence-electron chi connectivity index (χ4n) is 1.89. The maximum atomic E-state index is 3.45. The van der Waals surface area contributed by atoms with Gasteiger partial charge in [-0.1, -0.05) is 26.8 Å². The molecule has 1 nitrogen and oxygen atoms in total. The fourth-order valence-corrected chi connectivity index (χ4v) is 2.61. The molecule has 1 rings (SSSR count). The molecule has 0 saturated carbocycles. The molecule has 0 spiro atoms. The molecule has 0 aliphatic heterocycles. The Balaban J connectivity index is 2.40. The molecule has 86 valence electrons. The zero-order valence-corrected chi connectivity index (χ0v) is 11.1. The van der Waals surface area contributed by atoms with Gasteiger partial charge in [-0.3, -0.25) is 0 Å². The second-order valence-corrected chi connectivity index (χ2v) is 5.65. The Hall–Kier alpha value is -0.340. The highest BCUT2D eigenvalue weighted by molar-refractivity contribution is 7.09. The molecule has 1 N–H and O–H groups in total. The van der Waals surface area contributed by atoms with Crippen LogP contribution in [-0.4, -0.2) is 13.1 Å². The van der Waals surface area contributed by atoms with Gasteiger partial charge < -0.3 is 5.32 Å². The molecule has 0 bridgehead atoms. The Morgan fingerprint density at radius 3 is 2.53 bits per heavy atom. The van der Waals surface area contributed by atoms with Gasteiger partial charge in [-0.25, -0.2) is 0 Å². The molecule has 0 radical (unpaired) electrons. The van der Waals surface area contributed by atoms with Crippen LogP contribution in [0.25, 0.3) is 0 Å². The van der Waals surface area contributed by atoms with Gasteiger partial charge in [0.1, 0.15) is 0 Å². The van der Waals surface area contributed by atoms with Crippen molar-refractivity contribution in [2.75, 3.05) is 7.05 Å². The van der Waals surface area contributed by atoms with E-state index in [-0.39, 0.29) is 0 Å². The van der Waals surface area contributed by atoms with Crippen LogP contribution in [0.5, 0.6) is 0 Å². The molecule has 1 aromatic rings. The Morgan fingerprint density at radius 1 is 1.33 bits per heavy atom. The van der Waals surface area contributed by atoms with E-state index in [0.717, 1.165) is 11.8 Å². The molecule has 0 fully saturated rings. The van der Waals surface area contributed by atoms with Crippen molar-refractivity contribution in [3.05, 3.63) is 22.4 Å². The van der Waals surface area contributed by atoms with Gasteiger partial charge in [0, 0.05) is 10.9 Å². The normalized spacial score (nSPS) is 15.5. The van der Waals surface area contributed by atoms with Crippen molar-refractivity contribution in [1.29, 1.82) is 0 Å². The predicted octanol–water partition coefficient (Wildman–Crippen LogP) is 3.56. The van der Waals surface area contributed by atoms with E-state index in [2.05, 4.69) is 50.6 Å². The van der Waals surface area contributed by atoms with Crippen molar-refractivity contribution in [3.63, 3.8) is 0 Å². The summed E-state index contributed by atoms with van der Waals surface area (Å²) in [5.74, 6) is 1.50. The van der Waals surface area contributed by atoms with Crippen LogP contribution in [0.2, 0.25) is 0 Å². The molecule has 2 atom stereocenters. The summed E-state index contributed by atoms with van der Waals surface area (Å²) in [6.07, 6.45) is 2.45. The van der Waals surface area contributed by atoms with Crippen LogP contribution in [0.15, 0.2) is 17.5 Å². The summed E-state index contributed by atoms with van der Waals surface area (Å²) in [7, 11) is 2.08. The molecule has 1 heterocycles. The molecular formula is C13H23NS. The SMILES string of the molecule is CNC(CCc1cccs1)C(C)C(C)C. The van der Waals surface area contributed by atoms with Gasteiger partial charge in [0.15, 0.2) is 0 Å². The zero-order chi connectivity index (χ0) is 11.3. The van der Waals surface area contributed by atoms with Gasteiger partial charge in [0.05, 0.1) is 0 Å². The lowest BCUT2D eigenvalue weighted by Crippen LogP contribution is -2.35. The van der Waals surface area contributed by atoms with E-state index in [1.54, 1.807) is 0 Å². The zero-order valence-electron chi connectivity index (χ0n) is 10.3. The summed E-state index contributed by atoms with van der Waals surface area (Å²) < 4.78 is 0. The highest BCUT2D eigenvalue weighted by atomic mass is 32.1.